The van der Waals surface area contributed by atoms with E-state index in [1.54, 1.807) is 0 Å². The number of nitrogens with zero attached hydrogens (tertiary/aromatic N) is 2. The minimum atomic E-state index is -0.572. The van der Waals surface area contributed by atoms with E-state index in [1.807, 2.05) is 0 Å². The third-order valence-corrected chi connectivity index (χ3v) is 13.4. The van der Waals surface area contributed by atoms with Gasteiger partial charge in [0, 0.05) is 49.7 Å². The predicted octanol–water partition coefficient (Wildman–Crippen LogP) is 11.8. The van der Waals surface area contributed by atoms with Gasteiger partial charge in [0.05, 0.1) is 16.4 Å². The van der Waals surface area contributed by atoms with Crippen LogP contribution in [0.5, 0.6) is 0 Å². The van der Waals surface area contributed by atoms with Crippen molar-refractivity contribution >= 4 is 83.7 Å². The van der Waals surface area contributed by atoms with Crippen molar-refractivity contribution in [2.24, 2.45) is 0 Å². The first-order chi connectivity index (χ1) is 28.3. The van der Waals surface area contributed by atoms with E-state index in [-0.39, 0.29) is 6.85 Å². The van der Waals surface area contributed by atoms with Gasteiger partial charge >= 0.3 is 6.85 Å². The maximum atomic E-state index is 7.06. The highest BCUT2D eigenvalue weighted by Crippen LogP contribution is 2.60. The number of hydrogen-bond donors (Lipinski definition) is 0. The Labute approximate surface area is 328 Å². The van der Waals surface area contributed by atoms with E-state index >= 15 is 0 Å². The van der Waals surface area contributed by atoms with Crippen LogP contribution in [0.3, 0.4) is 0 Å². The lowest BCUT2D eigenvalue weighted by atomic mass is 9.42. The van der Waals surface area contributed by atoms with E-state index in [0.29, 0.717) is 0 Å². The van der Waals surface area contributed by atoms with E-state index in [1.165, 1.54) is 93.9 Å². The van der Waals surface area contributed by atoms with Gasteiger partial charge in [-0.1, -0.05) is 164 Å². The Bertz CT molecular complexity index is 3500. The molecule has 0 unspecified atom stereocenters. The molecule has 57 heavy (non-hydrogen) atoms. The van der Waals surface area contributed by atoms with Crippen molar-refractivity contribution in [1.82, 2.24) is 4.57 Å². The van der Waals surface area contributed by atoms with Crippen molar-refractivity contribution in [3.63, 3.8) is 0 Å². The Morgan fingerprint density at radius 3 is 2.04 bits per heavy atom. The first kappa shape index (κ1) is 30.0. The van der Waals surface area contributed by atoms with E-state index in [4.69, 9.17) is 4.42 Å². The van der Waals surface area contributed by atoms with Gasteiger partial charge in [0.1, 0.15) is 11.2 Å². The first-order valence-corrected chi connectivity index (χ1v) is 19.9. The molecule has 3 aliphatic heterocycles. The molecule has 4 heteroatoms. The summed E-state index contributed by atoms with van der Waals surface area (Å²) in [5.41, 5.74) is 17.5. The fourth-order valence-electron chi connectivity index (χ4n) is 11.4. The van der Waals surface area contributed by atoms with Crippen LogP contribution in [0.15, 0.2) is 192 Å². The van der Waals surface area contributed by atoms with Crippen molar-refractivity contribution in [2.45, 2.75) is 5.41 Å². The quantitative estimate of drug-likeness (QED) is 0.166. The van der Waals surface area contributed by atoms with Crippen LogP contribution in [0.1, 0.15) is 22.3 Å². The third-order valence-electron chi connectivity index (χ3n) is 13.4. The zero-order chi connectivity index (χ0) is 37.0. The molecule has 0 radical (unpaired) electrons. The lowest BCUT2D eigenvalue weighted by molar-refractivity contribution is 0.670. The molecule has 11 aromatic rings. The maximum absolute atomic E-state index is 7.06. The number of para-hydroxylation sites is 4. The molecule has 0 fully saturated rings. The summed E-state index contributed by atoms with van der Waals surface area (Å²) in [6, 6.07) is 69.9. The largest absolute Gasteiger partial charge is 0.455 e. The van der Waals surface area contributed by atoms with E-state index in [2.05, 4.69) is 197 Å². The topological polar surface area (TPSA) is 21.3 Å². The van der Waals surface area contributed by atoms with Crippen LogP contribution in [-0.2, 0) is 5.41 Å². The maximum Gasteiger partial charge on any atom is 0.333 e. The number of fused-ring (bicyclic) bond motifs is 15. The smallest absolute Gasteiger partial charge is 0.333 e. The summed E-state index contributed by atoms with van der Waals surface area (Å²) >= 11 is 0. The predicted molar refractivity (Wildman–Crippen MR) is 236 cm³/mol. The molecule has 3 nitrogen and oxygen atoms in total. The fraction of sp³-hybridized carbons (Fsp3) is 0.0189. The molecule has 262 valence electrons. The molecule has 2 aromatic heterocycles. The van der Waals surface area contributed by atoms with Gasteiger partial charge in [-0.2, -0.15) is 0 Å². The van der Waals surface area contributed by atoms with E-state index < -0.39 is 5.41 Å². The Morgan fingerprint density at radius 1 is 0.509 bits per heavy atom. The SMILES string of the molecule is c1ccc(C2(c3ccccc3)c3ccccc3N3B4c5c(cc6c(oc7ccccc76)c5-c5cccc2c53)-n2c3ccc5ccccc5c3c3cccc4c32)cc1. The van der Waals surface area contributed by atoms with Crippen molar-refractivity contribution in [3.05, 3.63) is 210 Å². The third kappa shape index (κ3) is 3.48. The molecule has 0 atom stereocenters. The highest BCUT2D eigenvalue weighted by Gasteiger charge is 2.53. The van der Waals surface area contributed by atoms with Gasteiger partial charge in [-0.15, -0.1) is 0 Å². The minimum Gasteiger partial charge on any atom is -0.455 e. The Kier molecular flexibility index (Phi) is 5.53. The molecule has 0 spiro atoms. The summed E-state index contributed by atoms with van der Waals surface area (Å²) < 4.78 is 9.63. The Hall–Kier alpha value is -7.30. The standard InChI is InChI=1S/C53H31BN2O/c1-3-16-33(17-4-1)53(34-18-5-2-6-19-34)40-24-10-11-27-43(40)56-50-38(22-13-25-41(50)53)48-49-45(31-39-36-21-9-12-28-46(36)57-52(39)48)55-44-30-29-32-15-7-8-20-35(32)47(44)37-23-14-26-42(51(37)55)54(49)56/h1-31H. The van der Waals surface area contributed by atoms with Gasteiger partial charge in [0.25, 0.3) is 0 Å². The second-order valence-electron chi connectivity index (χ2n) is 15.9. The molecule has 0 N–H and O–H groups in total. The van der Waals surface area contributed by atoms with Crippen molar-refractivity contribution in [3.8, 4) is 16.8 Å². The van der Waals surface area contributed by atoms with Gasteiger partial charge in [-0.25, -0.2) is 0 Å². The monoisotopic (exact) mass is 722 g/mol. The molecule has 5 heterocycles. The fourth-order valence-corrected chi connectivity index (χ4v) is 11.4. The number of aromatic nitrogens is 1. The van der Waals surface area contributed by atoms with Crippen LogP contribution in [-0.4, -0.2) is 11.4 Å². The highest BCUT2D eigenvalue weighted by molar-refractivity contribution is 6.94. The molecular formula is C53H31BN2O. The molecular weight excluding hydrogens is 691 g/mol. The lowest BCUT2D eigenvalue weighted by Crippen LogP contribution is -2.62. The van der Waals surface area contributed by atoms with Gasteiger partial charge in [-0.05, 0) is 68.2 Å². The average molecular weight is 723 g/mol. The van der Waals surface area contributed by atoms with E-state index in [0.717, 1.165) is 21.9 Å². The molecule has 0 saturated carbocycles. The molecule has 9 aromatic carbocycles. The van der Waals surface area contributed by atoms with Crippen LogP contribution in [0.25, 0.3) is 71.3 Å². The van der Waals surface area contributed by atoms with Crippen LogP contribution >= 0.6 is 0 Å². The Morgan fingerprint density at radius 2 is 1.19 bits per heavy atom. The molecule has 0 bridgehead atoms. The van der Waals surface area contributed by atoms with Gasteiger partial charge in [-0.3, -0.25) is 0 Å². The molecule has 14 rings (SSSR count). The zero-order valence-corrected chi connectivity index (χ0v) is 30.8. The summed E-state index contributed by atoms with van der Waals surface area (Å²) in [5.74, 6) is 0. The van der Waals surface area contributed by atoms with Gasteiger partial charge in [0.2, 0.25) is 0 Å². The highest BCUT2D eigenvalue weighted by atomic mass is 16.3. The van der Waals surface area contributed by atoms with Gasteiger partial charge in [0.15, 0.2) is 0 Å². The molecule has 0 aliphatic carbocycles. The van der Waals surface area contributed by atoms with Gasteiger partial charge < -0.3 is 13.8 Å². The van der Waals surface area contributed by atoms with Crippen LogP contribution in [0.4, 0.5) is 11.4 Å². The number of rotatable bonds is 2. The summed E-state index contributed by atoms with van der Waals surface area (Å²) in [7, 11) is 0. The van der Waals surface area contributed by atoms with Crippen molar-refractivity contribution < 1.29 is 4.42 Å². The minimum absolute atomic E-state index is 0.112. The van der Waals surface area contributed by atoms with Crippen molar-refractivity contribution in [2.75, 3.05) is 4.81 Å². The van der Waals surface area contributed by atoms with Crippen molar-refractivity contribution in [1.29, 1.82) is 0 Å². The average Bonchev–Trinajstić information content (AvgIpc) is 3.83. The second-order valence-corrected chi connectivity index (χ2v) is 15.9. The first-order valence-electron chi connectivity index (χ1n) is 19.9. The Balaban J connectivity index is 1.23. The van der Waals surface area contributed by atoms with Crippen LogP contribution < -0.4 is 15.7 Å². The lowest BCUT2D eigenvalue weighted by Gasteiger charge is -2.51. The number of anilines is 2. The second kappa shape index (κ2) is 10.5. The summed E-state index contributed by atoms with van der Waals surface area (Å²) in [4.78, 5) is 2.69. The summed E-state index contributed by atoms with van der Waals surface area (Å²) in [5, 5.41) is 7.42. The number of hydrogen-bond acceptors (Lipinski definition) is 2. The summed E-state index contributed by atoms with van der Waals surface area (Å²) in [6.07, 6.45) is 0. The number of benzene rings is 9. The molecule has 3 aliphatic rings. The van der Waals surface area contributed by atoms with Crippen LogP contribution in [0.2, 0.25) is 0 Å². The van der Waals surface area contributed by atoms with E-state index in [9.17, 15) is 0 Å². The number of furan rings is 1. The normalized spacial score (nSPS) is 14.4. The summed E-state index contributed by atoms with van der Waals surface area (Å²) in [6.45, 7) is -0.112. The zero-order valence-electron chi connectivity index (χ0n) is 30.8. The molecule has 0 amide bonds. The van der Waals surface area contributed by atoms with Crippen LogP contribution in [0, 0.1) is 0 Å². The molecule has 0 saturated heterocycles.